The number of methoxy groups -OCH3 is 1. The van der Waals surface area contributed by atoms with Crippen molar-refractivity contribution in [3.05, 3.63) is 20.7 Å². The molecule has 0 fully saturated rings. The molecule has 1 aromatic heterocycles. The summed E-state index contributed by atoms with van der Waals surface area (Å²) in [4.78, 5) is 11.1. The Morgan fingerprint density at radius 3 is 3.10 bits per heavy atom. The maximum atomic E-state index is 11.0. The molecule has 0 amide bonds. The summed E-state index contributed by atoms with van der Waals surface area (Å²) in [7, 11) is 1.25. The molecule has 1 aromatic rings. The van der Waals surface area contributed by atoms with Crippen LogP contribution in [0.5, 0.6) is 0 Å². The van der Waals surface area contributed by atoms with Crippen LogP contribution in [0.2, 0.25) is 0 Å². The number of ether oxygens (including phenoxy) is 1. The Bertz CT molecular complexity index is 324. The Labute approximate surface area is 73.8 Å². The van der Waals surface area contributed by atoms with Crippen molar-refractivity contribution < 1.29 is 12.3 Å². The van der Waals surface area contributed by atoms with E-state index in [0.29, 0.717) is 4.47 Å². The lowest BCUT2D eigenvalue weighted by Gasteiger charge is -1.90. The average molecular weight is 223 g/mol. The second-order valence-electron chi connectivity index (χ2n) is 1.46. The monoisotopic (exact) mass is 222 g/mol. The lowest BCUT2D eigenvalue weighted by Crippen LogP contribution is -1.96. The zero-order valence-corrected chi connectivity index (χ0v) is 7.51. The molecule has 4 heteroatoms. The Balaban J connectivity index is 3.17. The molecule has 0 aliphatic rings. The van der Waals surface area contributed by atoms with E-state index >= 15 is 0 Å². The van der Waals surface area contributed by atoms with Gasteiger partial charge in [0.2, 0.25) is 0 Å². The summed E-state index contributed by atoms with van der Waals surface area (Å²) in [6, 6.07) is 0.0249. The smallest absolute Gasteiger partial charge is 0.348 e. The molecule has 0 aromatic carbocycles. The maximum absolute atomic E-state index is 11.0. The molecule has 0 N–H and O–H groups in total. The molecule has 0 bridgehead atoms. The minimum Gasteiger partial charge on any atom is -0.465 e. The minimum atomic E-state index is -0.566. The van der Waals surface area contributed by atoms with Crippen LogP contribution in [0.15, 0.2) is 15.9 Å². The van der Waals surface area contributed by atoms with Crippen LogP contribution < -0.4 is 0 Å². The van der Waals surface area contributed by atoms with E-state index in [2.05, 4.69) is 20.7 Å². The van der Waals surface area contributed by atoms with Crippen molar-refractivity contribution in [2.75, 3.05) is 7.11 Å². The Kier molecular flexibility index (Phi) is 1.68. The van der Waals surface area contributed by atoms with Crippen LogP contribution in [0.1, 0.15) is 12.4 Å². The molecule has 0 aliphatic carbocycles. The van der Waals surface area contributed by atoms with Gasteiger partial charge in [-0.1, -0.05) is 0 Å². The summed E-state index contributed by atoms with van der Waals surface area (Å²) >= 11 is 3.96. The van der Waals surface area contributed by atoms with E-state index in [4.69, 9.17) is 2.74 Å². The molecule has 0 unspecified atom stereocenters. The van der Waals surface area contributed by atoms with Gasteiger partial charge >= 0.3 is 5.97 Å². The summed E-state index contributed by atoms with van der Waals surface area (Å²) in [6.07, 6.45) is 0. The van der Waals surface area contributed by atoms with Crippen molar-refractivity contribution in [3.8, 4) is 0 Å². The van der Waals surface area contributed by atoms with Crippen molar-refractivity contribution >= 4 is 33.2 Å². The quantitative estimate of drug-likeness (QED) is 0.683. The van der Waals surface area contributed by atoms with E-state index in [9.17, 15) is 4.79 Å². The van der Waals surface area contributed by atoms with Crippen molar-refractivity contribution in [3.63, 3.8) is 0 Å². The zero-order chi connectivity index (χ0) is 9.30. The van der Waals surface area contributed by atoms with Crippen LogP contribution in [0.4, 0.5) is 0 Å². The van der Waals surface area contributed by atoms with Crippen LogP contribution in [0.3, 0.4) is 0 Å². The Morgan fingerprint density at radius 1 is 2.00 bits per heavy atom. The molecule has 1 heterocycles. The van der Waals surface area contributed by atoms with Gasteiger partial charge in [-0.15, -0.1) is 11.3 Å². The van der Waals surface area contributed by atoms with Gasteiger partial charge in [0.1, 0.15) is 4.88 Å². The van der Waals surface area contributed by atoms with Crippen molar-refractivity contribution in [2.45, 2.75) is 0 Å². The third kappa shape index (κ3) is 1.58. The van der Waals surface area contributed by atoms with Crippen LogP contribution in [0, 0.1) is 0 Å². The van der Waals surface area contributed by atoms with Gasteiger partial charge in [-0.2, -0.15) is 0 Å². The number of hydrogen-bond acceptors (Lipinski definition) is 3. The summed E-state index contributed by atoms with van der Waals surface area (Å²) in [5, 5.41) is 0.167. The van der Waals surface area contributed by atoms with E-state index in [1.54, 1.807) is 0 Å². The number of carbonyl (C=O) groups is 1. The van der Waals surface area contributed by atoms with Crippen LogP contribution in [0.25, 0.3) is 0 Å². The van der Waals surface area contributed by atoms with Crippen molar-refractivity contribution in [1.82, 2.24) is 0 Å². The summed E-state index contributed by atoms with van der Waals surface area (Å²) in [5.41, 5.74) is 0. The van der Waals surface area contributed by atoms with E-state index < -0.39 is 5.97 Å². The first-order valence-electron chi connectivity index (χ1n) is 3.41. The predicted molar refractivity (Wildman–Crippen MR) is 43.4 cm³/mol. The number of thiophene rings is 1. The largest absolute Gasteiger partial charge is 0.465 e. The molecule has 0 saturated carbocycles. The first kappa shape index (κ1) is 5.32. The van der Waals surface area contributed by atoms with Crippen molar-refractivity contribution in [1.29, 1.82) is 0 Å². The first-order chi connectivity index (χ1) is 5.57. The van der Waals surface area contributed by atoms with Gasteiger partial charge in [0.25, 0.3) is 0 Å². The topological polar surface area (TPSA) is 26.3 Å². The molecule has 0 aliphatic heterocycles. The standard InChI is InChI=1S/C6H5BrO2S/c1-9-6(8)5-2-4(7)3-10-5/h2-3H,1H3/i2D,3D. The molecule has 10 heavy (non-hydrogen) atoms. The molecule has 0 spiro atoms. The second kappa shape index (κ2) is 3.16. The molecule has 54 valence electrons. The molecule has 0 radical (unpaired) electrons. The molecule has 0 atom stereocenters. The SMILES string of the molecule is [2H]c1sc(C(=O)OC)c([2H])c1Br. The van der Waals surface area contributed by atoms with Crippen LogP contribution in [-0.2, 0) is 4.74 Å². The lowest BCUT2D eigenvalue weighted by molar-refractivity contribution is 0.0606. The second-order valence-corrected chi connectivity index (χ2v) is 3.07. The fourth-order valence-electron chi connectivity index (χ4n) is 0.432. The highest BCUT2D eigenvalue weighted by Gasteiger charge is 2.06. The number of esters is 1. The van der Waals surface area contributed by atoms with Gasteiger partial charge in [-0.05, 0) is 22.0 Å². The van der Waals surface area contributed by atoms with E-state index in [0.717, 1.165) is 11.3 Å². The van der Waals surface area contributed by atoms with Gasteiger partial charge in [0, 0.05) is 9.83 Å². The zero-order valence-electron chi connectivity index (χ0n) is 7.10. The normalized spacial score (nSPS) is 12.2. The molecule has 0 saturated heterocycles. The third-order valence-electron chi connectivity index (χ3n) is 0.837. The van der Waals surface area contributed by atoms with Gasteiger partial charge in [-0.25, -0.2) is 4.79 Å². The number of rotatable bonds is 1. The average Bonchev–Trinajstić information content (AvgIpc) is 2.32. The number of carbonyl (C=O) groups excluding carboxylic acids is 1. The van der Waals surface area contributed by atoms with Gasteiger partial charge in [0.15, 0.2) is 0 Å². The van der Waals surface area contributed by atoms with E-state index in [-0.39, 0.29) is 16.3 Å². The van der Waals surface area contributed by atoms with Crippen LogP contribution >= 0.6 is 27.3 Å². The molecular weight excluding hydrogens is 216 g/mol. The molecular formula is C6H5BrO2S. The highest BCUT2D eigenvalue weighted by Crippen LogP contribution is 2.19. The van der Waals surface area contributed by atoms with Crippen molar-refractivity contribution in [2.24, 2.45) is 0 Å². The highest BCUT2D eigenvalue weighted by molar-refractivity contribution is 9.10. The lowest BCUT2D eigenvalue weighted by atomic mass is 10.5. The highest BCUT2D eigenvalue weighted by atomic mass is 79.9. The van der Waals surface area contributed by atoms with E-state index in [1.807, 2.05) is 0 Å². The van der Waals surface area contributed by atoms with E-state index in [1.165, 1.54) is 7.11 Å². The Morgan fingerprint density at radius 2 is 2.70 bits per heavy atom. The summed E-state index contributed by atoms with van der Waals surface area (Å²) in [6.45, 7) is 0. The fraction of sp³-hybridized carbons (Fsp3) is 0.167. The maximum Gasteiger partial charge on any atom is 0.348 e. The number of halogens is 1. The van der Waals surface area contributed by atoms with Crippen LogP contribution in [-0.4, -0.2) is 13.1 Å². The summed E-state index contributed by atoms with van der Waals surface area (Å²) < 4.78 is 19.5. The predicted octanol–water partition coefficient (Wildman–Crippen LogP) is 2.30. The third-order valence-corrected chi connectivity index (χ3v) is 2.27. The molecule has 1 rings (SSSR count). The minimum absolute atomic E-state index is 0.0249. The van der Waals surface area contributed by atoms with Gasteiger partial charge in [0.05, 0.1) is 9.85 Å². The summed E-state index contributed by atoms with van der Waals surface area (Å²) in [5.74, 6) is -0.566. The molecule has 2 nitrogen and oxygen atoms in total. The van der Waals surface area contributed by atoms with Gasteiger partial charge in [-0.3, -0.25) is 0 Å². The Hall–Kier alpha value is -0.350. The van der Waals surface area contributed by atoms with Gasteiger partial charge < -0.3 is 4.74 Å². The number of hydrogen-bond donors (Lipinski definition) is 0. The fourth-order valence-corrected chi connectivity index (χ4v) is 1.57. The first-order valence-corrected chi connectivity index (χ1v) is 4.02.